The Bertz CT molecular complexity index is 883. The van der Waals surface area contributed by atoms with Crippen LogP contribution in [0, 0.1) is 6.92 Å². The van der Waals surface area contributed by atoms with Crippen LogP contribution >= 0.6 is 11.8 Å². The van der Waals surface area contributed by atoms with Crippen molar-refractivity contribution < 1.29 is 23.9 Å². The number of thioether (sulfide) groups is 1. The molecular formula is C20H23N3O5S. The molecule has 1 atom stereocenters. The van der Waals surface area contributed by atoms with Gasteiger partial charge in [-0.05, 0) is 26.3 Å². The van der Waals surface area contributed by atoms with Crippen LogP contribution < -0.4 is 5.32 Å². The number of amides is 4. The van der Waals surface area contributed by atoms with Gasteiger partial charge in [0.2, 0.25) is 5.91 Å². The Labute approximate surface area is 173 Å². The van der Waals surface area contributed by atoms with Gasteiger partial charge in [0, 0.05) is 13.1 Å². The average molecular weight is 417 g/mol. The first kappa shape index (κ1) is 20.9. The van der Waals surface area contributed by atoms with Crippen molar-refractivity contribution in [3.8, 4) is 0 Å². The third kappa shape index (κ3) is 4.14. The molecule has 8 nitrogen and oxygen atoms in total. The van der Waals surface area contributed by atoms with Crippen LogP contribution in [-0.2, 0) is 24.7 Å². The van der Waals surface area contributed by atoms with E-state index in [1.54, 1.807) is 13.8 Å². The van der Waals surface area contributed by atoms with E-state index >= 15 is 0 Å². The number of hydrogen-bond donors (Lipinski definition) is 1. The smallest absolute Gasteiger partial charge is 0.333 e. The molecule has 0 aliphatic carbocycles. The summed E-state index contributed by atoms with van der Waals surface area (Å²) in [5.41, 5.74) is 0.592. The molecule has 1 aromatic carbocycles. The fourth-order valence-electron chi connectivity index (χ4n) is 3.24. The summed E-state index contributed by atoms with van der Waals surface area (Å²) >= 11 is 1.23. The summed E-state index contributed by atoms with van der Waals surface area (Å²) in [6.07, 6.45) is 1.27. The molecule has 2 heterocycles. The van der Waals surface area contributed by atoms with Crippen LogP contribution in [-0.4, -0.2) is 59.1 Å². The molecule has 2 saturated heterocycles. The number of benzene rings is 1. The molecule has 2 aliphatic heterocycles. The van der Waals surface area contributed by atoms with E-state index in [9.17, 15) is 19.2 Å². The lowest BCUT2D eigenvalue weighted by Gasteiger charge is -2.23. The van der Waals surface area contributed by atoms with Gasteiger partial charge in [-0.1, -0.05) is 41.6 Å². The van der Waals surface area contributed by atoms with Crippen molar-refractivity contribution in [3.05, 3.63) is 46.5 Å². The zero-order valence-corrected chi connectivity index (χ0v) is 17.4. The summed E-state index contributed by atoms with van der Waals surface area (Å²) in [4.78, 5) is 51.9. The van der Waals surface area contributed by atoms with Gasteiger partial charge >= 0.3 is 12.0 Å². The molecule has 0 saturated carbocycles. The van der Waals surface area contributed by atoms with E-state index in [0.29, 0.717) is 10.6 Å². The van der Waals surface area contributed by atoms with Crippen molar-refractivity contribution in [1.82, 2.24) is 15.1 Å². The predicted octanol–water partition coefficient (Wildman–Crippen LogP) is 1.74. The molecule has 2 aliphatic rings. The molecule has 3 rings (SSSR count). The lowest BCUT2D eigenvalue weighted by atomic mass is 9.91. The van der Waals surface area contributed by atoms with Gasteiger partial charge in [0.15, 0.2) is 0 Å². The number of nitrogens with zero attached hydrogens (tertiary/aromatic N) is 2. The van der Waals surface area contributed by atoms with E-state index in [2.05, 4.69) is 5.32 Å². The Kier molecular flexibility index (Phi) is 5.97. The zero-order valence-electron chi connectivity index (χ0n) is 16.6. The highest BCUT2D eigenvalue weighted by molar-refractivity contribution is 8.04. The highest BCUT2D eigenvalue weighted by Crippen LogP contribution is 2.31. The summed E-state index contributed by atoms with van der Waals surface area (Å²) in [5.74, 6) is -0.885. The Hall–Kier alpha value is -2.81. The maximum atomic E-state index is 13.0. The molecular weight excluding hydrogens is 394 g/mol. The Morgan fingerprint density at radius 3 is 2.52 bits per heavy atom. The van der Waals surface area contributed by atoms with Crippen molar-refractivity contribution in [2.45, 2.75) is 26.3 Å². The second-order valence-electron chi connectivity index (χ2n) is 6.95. The van der Waals surface area contributed by atoms with Gasteiger partial charge in [-0.25, -0.2) is 9.59 Å². The van der Waals surface area contributed by atoms with Gasteiger partial charge in [-0.2, -0.15) is 0 Å². The van der Waals surface area contributed by atoms with Crippen molar-refractivity contribution in [1.29, 1.82) is 0 Å². The van der Waals surface area contributed by atoms with E-state index < -0.39 is 17.5 Å². The summed E-state index contributed by atoms with van der Waals surface area (Å²) in [5, 5.41) is 3.21. The predicted molar refractivity (Wildman–Crippen MR) is 108 cm³/mol. The number of hydrogen-bond acceptors (Lipinski definition) is 6. The van der Waals surface area contributed by atoms with Crippen LogP contribution in [0.1, 0.15) is 25.0 Å². The van der Waals surface area contributed by atoms with Crippen LogP contribution in [0.25, 0.3) is 0 Å². The molecule has 1 N–H and O–H groups in total. The number of nitrogens with one attached hydrogen (secondary N) is 1. The second-order valence-corrected chi connectivity index (χ2v) is 7.94. The number of ether oxygens (including phenoxy) is 1. The van der Waals surface area contributed by atoms with Gasteiger partial charge in [0.05, 0.1) is 23.5 Å². The molecule has 1 aromatic rings. The summed E-state index contributed by atoms with van der Waals surface area (Å²) < 4.78 is 4.89. The van der Waals surface area contributed by atoms with Crippen LogP contribution in [0.3, 0.4) is 0 Å². The first-order valence-corrected chi connectivity index (χ1v) is 10.3. The van der Waals surface area contributed by atoms with E-state index in [0.717, 1.165) is 10.5 Å². The molecule has 4 amide bonds. The fraction of sp³-hybridized carbons (Fsp3) is 0.400. The lowest BCUT2D eigenvalue weighted by molar-refractivity contribution is -0.137. The molecule has 0 bridgehead atoms. The molecule has 0 spiro atoms. The standard InChI is InChI=1S/C20H23N3O5S/c1-4-28-17(25)11-16-22(15(24)12-29-16)9-10-23-18(26)20(3,21-19(23)27)14-7-5-13(2)6-8-14/h5-8,11H,4,9-10,12H2,1-3H3,(H,21,27)/b16-11-/t20-/m0/s1. The van der Waals surface area contributed by atoms with Crippen LogP contribution in [0.4, 0.5) is 4.79 Å². The van der Waals surface area contributed by atoms with E-state index in [1.165, 1.54) is 22.7 Å². The highest BCUT2D eigenvalue weighted by Gasteiger charge is 2.49. The Balaban J connectivity index is 1.72. The fourth-order valence-corrected chi connectivity index (χ4v) is 4.19. The zero-order chi connectivity index (χ0) is 21.2. The molecule has 0 unspecified atom stereocenters. The minimum absolute atomic E-state index is 0.0264. The largest absolute Gasteiger partial charge is 0.463 e. The van der Waals surface area contributed by atoms with Crippen molar-refractivity contribution in [2.24, 2.45) is 0 Å². The quantitative estimate of drug-likeness (QED) is 0.430. The molecule has 0 radical (unpaired) electrons. The third-order valence-corrected chi connectivity index (χ3v) is 5.91. The molecule has 9 heteroatoms. The number of aryl methyl sites for hydroxylation is 1. The van der Waals surface area contributed by atoms with Gasteiger partial charge in [0.25, 0.3) is 5.91 Å². The monoisotopic (exact) mass is 417 g/mol. The number of carbonyl (C=O) groups is 4. The van der Waals surface area contributed by atoms with E-state index in [1.807, 2.05) is 31.2 Å². The Morgan fingerprint density at radius 2 is 1.86 bits per heavy atom. The minimum Gasteiger partial charge on any atom is -0.463 e. The van der Waals surface area contributed by atoms with Gasteiger partial charge in [-0.15, -0.1) is 0 Å². The Morgan fingerprint density at radius 1 is 1.21 bits per heavy atom. The summed E-state index contributed by atoms with van der Waals surface area (Å²) in [7, 11) is 0. The number of carbonyl (C=O) groups excluding carboxylic acids is 4. The molecule has 154 valence electrons. The number of urea groups is 1. The SMILES string of the molecule is CCOC(=O)/C=C1\SCC(=O)N1CCN1C(=O)N[C@@](C)(c2ccc(C)cc2)C1=O. The van der Waals surface area contributed by atoms with Gasteiger partial charge in [0.1, 0.15) is 5.54 Å². The molecule has 2 fully saturated rings. The lowest BCUT2D eigenvalue weighted by Crippen LogP contribution is -2.42. The first-order chi connectivity index (χ1) is 13.8. The number of rotatable bonds is 6. The molecule has 29 heavy (non-hydrogen) atoms. The third-order valence-electron chi connectivity index (χ3n) is 4.89. The maximum absolute atomic E-state index is 13.0. The van der Waals surface area contributed by atoms with Crippen molar-refractivity contribution in [3.63, 3.8) is 0 Å². The first-order valence-electron chi connectivity index (χ1n) is 9.29. The van der Waals surface area contributed by atoms with Crippen molar-refractivity contribution in [2.75, 3.05) is 25.4 Å². The van der Waals surface area contributed by atoms with Crippen molar-refractivity contribution >= 4 is 35.6 Å². The van der Waals surface area contributed by atoms with Crippen LogP contribution in [0.5, 0.6) is 0 Å². The topological polar surface area (TPSA) is 96.0 Å². The average Bonchev–Trinajstić information content (AvgIpc) is 3.12. The van der Waals surface area contributed by atoms with E-state index in [4.69, 9.17) is 4.74 Å². The van der Waals surface area contributed by atoms with Crippen LogP contribution in [0.2, 0.25) is 0 Å². The van der Waals surface area contributed by atoms with Crippen LogP contribution in [0.15, 0.2) is 35.4 Å². The minimum atomic E-state index is -1.15. The summed E-state index contributed by atoms with van der Waals surface area (Å²) in [6, 6.07) is 6.90. The molecule has 0 aromatic heterocycles. The van der Waals surface area contributed by atoms with E-state index in [-0.39, 0.29) is 37.3 Å². The number of esters is 1. The second kappa shape index (κ2) is 8.28. The van der Waals surface area contributed by atoms with Gasteiger partial charge < -0.3 is 15.0 Å². The highest BCUT2D eigenvalue weighted by atomic mass is 32.2. The van der Waals surface area contributed by atoms with Gasteiger partial charge in [-0.3, -0.25) is 14.5 Å². The maximum Gasteiger partial charge on any atom is 0.333 e. The normalized spacial score (nSPS) is 23.1. The summed E-state index contributed by atoms with van der Waals surface area (Å²) in [6.45, 7) is 5.69. The number of imide groups is 1.